The summed E-state index contributed by atoms with van der Waals surface area (Å²) in [5.41, 5.74) is 0. The van der Waals surface area contributed by atoms with Crippen LogP contribution < -0.4 is 0 Å². The molecule has 5 heteroatoms. The van der Waals surface area contributed by atoms with E-state index in [0.29, 0.717) is 6.42 Å². The Morgan fingerprint density at radius 2 is 1.50 bits per heavy atom. The minimum absolute atomic E-state index is 0.0542. The number of allylic oxidation sites excluding steroid dienone is 2. The van der Waals surface area contributed by atoms with Crippen molar-refractivity contribution in [1.29, 1.82) is 0 Å². The molecule has 0 saturated heterocycles. The Kier molecular flexibility index (Phi) is 8.53. The molecule has 18 heavy (non-hydrogen) atoms. The van der Waals surface area contributed by atoms with Gasteiger partial charge in [-0.2, -0.15) is 0 Å². The fourth-order valence-electron chi connectivity index (χ4n) is 1.23. The number of esters is 2. The number of rotatable bonds is 8. The highest BCUT2D eigenvalue weighted by atomic mass is 16.6. The first-order chi connectivity index (χ1) is 8.56. The maximum Gasteiger partial charge on any atom is 0.320 e. The Balaban J connectivity index is 4.56. The third-order valence-electron chi connectivity index (χ3n) is 2.17. The summed E-state index contributed by atoms with van der Waals surface area (Å²) in [5.74, 6) is -2.29. The van der Waals surface area contributed by atoms with Gasteiger partial charge in [-0.25, -0.2) is 0 Å². The lowest BCUT2D eigenvalue weighted by molar-refractivity contribution is -0.161. The lowest BCUT2D eigenvalue weighted by Crippen LogP contribution is -2.27. The van der Waals surface area contributed by atoms with Gasteiger partial charge in [-0.1, -0.05) is 13.0 Å². The molecule has 0 aromatic rings. The average Bonchev–Trinajstić information content (AvgIpc) is 2.34. The zero-order chi connectivity index (χ0) is 14.0. The molecule has 0 fully saturated rings. The van der Waals surface area contributed by atoms with E-state index >= 15 is 0 Å². The molecule has 0 aliphatic carbocycles. The first-order valence-corrected chi connectivity index (χ1v) is 6.09. The van der Waals surface area contributed by atoms with Crippen molar-refractivity contribution in [2.45, 2.75) is 33.6 Å². The smallest absolute Gasteiger partial charge is 0.320 e. The Morgan fingerprint density at radius 1 is 1.00 bits per heavy atom. The van der Waals surface area contributed by atoms with Crippen LogP contribution in [0.5, 0.6) is 0 Å². The summed E-state index contributed by atoms with van der Waals surface area (Å²) in [6.07, 6.45) is 3.37. The van der Waals surface area contributed by atoms with E-state index in [9.17, 15) is 14.4 Å². The lowest BCUT2D eigenvalue weighted by Gasteiger charge is -2.12. The summed E-state index contributed by atoms with van der Waals surface area (Å²) in [6, 6.07) is 0. The van der Waals surface area contributed by atoms with Crippen molar-refractivity contribution < 1.29 is 23.9 Å². The number of hydrogen-bond acceptors (Lipinski definition) is 5. The van der Waals surface area contributed by atoms with Gasteiger partial charge >= 0.3 is 11.9 Å². The van der Waals surface area contributed by atoms with Gasteiger partial charge in [0, 0.05) is 6.42 Å². The van der Waals surface area contributed by atoms with Crippen LogP contribution in [0.1, 0.15) is 33.6 Å². The molecular formula is C13H20O5. The molecule has 0 amide bonds. The van der Waals surface area contributed by atoms with Crippen LogP contribution in [0.4, 0.5) is 0 Å². The summed E-state index contributed by atoms with van der Waals surface area (Å²) in [5, 5.41) is 0. The van der Waals surface area contributed by atoms with E-state index in [1.807, 2.05) is 0 Å². The molecule has 0 heterocycles. The fraction of sp³-hybridized carbons (Fsp3) is 0.615. The van der Waals surface area contributed by atoms with Gasteiger partial charge in [0.15, 0.2) is 11.7 Å². The number of carbonyl (C=O) groups is 3. The zero-order valence-corrected chi connectivity index (χ0v) is 11.1. The van der Waals surface area contributed by atoms with Crippen LogP contribution >= 0.6 is 0 Å². The van der Waals surface area contributed by atoms with Crippen LogP contribution in [0.2, 0.25) is 0 Å². The maximum atomic E-state index is 11.6. The van der Waals surface area contributed by atoms with E-state index in [-0.39, 0.29) is 25.4 Å². The van der Waals surface area contributed by atoms with Gasteiger partial charge in [0.2, 0.25) is 0 Å². The molecule has 5 nitrogen and oxygen atoms in total. The summed E-state index contributed by atoms with van der Waals surface area (Å²) >= 11 is 0. The van der Waals surface area contributed by atoms with Gasteiger partial charge in [-0.05, 0) is 26.3 Å². The molecule has 0 aliphatic heterocycles. The quantitative estimate of drug-likeness (QED) is 0.375. The molecule has 0 atom stereocenters. The van der Waals surface area contributed by atoms with Gasteiger partial charge in [-0.3, -0.25) is 14.4 Å². The molecule has 0 saturated carbocycles. The monoisotopic (exact) mass is 256 g/mol. The molecule has 0 rings (SSSR count). The van der Waals surface area contributed by atoms with Gasteiger partial charge in [0.25, 0.3) is 0 Å². The Bertz CT molecular complexity index is 301. The highest BCUT2D eigenvalue weighted by molar-refractivity contribution is 5.95. The first-order valence-electron chi connectivity index (χ1n) is 6.09. The molecule has 0 aliphatic rings. The van der Waals surface area contributed by atoms with Crippen LogP contribution in [0.15, 0.2) is 12.2 Å². The van der Waals surface area contributed by atoms with Crippen molar-refractivity contribution in [3.8, 4) is 0 Å². The molecule has 0 spiro atoms. The van der Waals surface area contributed by atoms with E-state index in [1.165, 1.54) is 12.2 Å². The molecule has 0 aromatic carbocycles. The Morgan fingerprint density at radius 3 is 1.89 bits per heavy atom. The van der Waals surface area contributed by atoms with Crippen molar-refractivity contribution in [2.24, 2.45) is 5.92 Å². The SMILES string of the molecule is CCOC(=O)C(C/C=C/C(=O)CC)C(=O)OCC. The highest BCUT2D eigenvalue weighted by Gasteiger charge is 2.28. The van der Waals surface area contributed by atoms with E-state index in [2.05, 4.69) is 0 Å². The first kappa shape index (κ1) is 16.4. The van der Waals surface area contributed by atoms with E-state index in [4.69, 9.17) is 9.47 Å². The van der Waals surface area contributed by atoms with Crippen LogP contribution in [-0.4, -0.2) is 30.9 Å². The molecule has 0 unspecified atom stereocenters. The number of ketones is 1. The second kappa shape index (κ2) is 9.39. The van der Waals surface area contributed by atoms with Gasteiger partial charge in [0.1, 0.15) is 0 Å². The van der Waals surface area contributed by atoms with Crippen molar-refractivity contribution >= 4 is 17.7 Å². The summed E-state index contributed by atoms with van der Waals surface area (Å²) in [6.45, 7) is 5.46. The molecule has 102 valence electrons. The van der Waals surface area contributed by atoms with Crippen LogP contribution in [0.25, 0.3) is 0 Å². The second-order valence-corrected chi connectivity index (χ2v) is 3.51. The van der Waals surface area contributed by atoms with Crippen molar-refractivity contribution in [2.75, 3.05) is 13.2 Å². The van der Waals surface area contributed by atoms with Crippen molar-refractivity contribution in [1.82, 2.24) is 0 Å². The normalized spacial score (nSPS) is 10.7. The number of hydrogen-bond donors (Lipinski definition) is 0. The molecular weight excluding hydrogens is 236 g/mol. The number of carbonyl (C=O) groups excluding carboxylic acids is 3. The fourth-order valence-corrected chi connectivity index (χ4v) is 1.23. The second-order valence-electron chi connectivity index (χ2n) is 3.51. The summed E-state index contributed by atoms with van der Waals surface area (Å²) < 4.78 is 9.59. The molecule has 0 bridgehead atoms. The summed E-state index contributed by atoms with van der Waals surface area (Å²) in [4.78, 5) is 34.2. The van der Waals surface area contributed by atoms with Gasteiger partial charge in [-0.15, -0.1) is 0 Å². The molecule has 0 aromatic heterocycles. The largest absolute Gasteiger partial charge is 0.465 e. The average molecular weight is 256 g/mol. The predicted octanol–water partition coefficient (Wildman–Crippen LogP) is 1.65. The Labute approximate surface area is 107 Å². The lowest BCUT2D eigenvalue weighted by atomic mass is 10.1. The molecule has 0 radical (unpaired) electrons. The molecule has 0 N–H and O–H groups in total. The maximum absolute atomic E-state index is 11.6. The zero-order valence-electron chi connectivity index (χ0n) is 11.1. The van der Waals surface area contributed by atoms with Gasteiger partial charge < -0.3 is 9.47 Å². The standard InChI is InChI=1S/C13H20O5/c1-4-10(14)8-7-9-11(12(15)17-5-2)13(16)18-6-3/h7-8,11H,4-6,9H2,1-3H3/b8-7+. The summed E-state index contributed by atoms with van der Waals surface area (Å²) in [7, 11) is 0. The van der Waals surface area contributed by atoms with Crippen LogP contribution in [0, 0.1) is 5.92 Å². The minimum Gasteiger partial charge on any atom is -0.465 e. The third kappa shape index (κ3) is 6.18. The highest BCUT2D eigenvalue weighted by Crippen LogP contribution is 2.10. The van der Waals surface area contributed by atoms with Gasteiger partial charge in [0.05, 0.1) is 13.2 Å². The van der Waals surface area contributed by atoms with E-state index in [1.54, 1.807) is 20.8 Å². The van der Waals surface area contributed by atoms with Crippen molar-refractivity contribution in [3.05, 3.63) is 12.2 Å². The third-order valence-corrected chi connectivity index (χ3v) is 2.17. The van der Waals surface area contributed by atoms with E-state index in [0.717, 1.165) is 0 Å². The minimum atomic E-state index is -0.995. The number of ether oxygens (including phenoxy) is 2. The van der Waals surface area contributed by atoms with E-state index < -0.39 is 17.9 Å². The topological polar surface area (TPSA) is 69.7 Å². The predicted molar refractivity (Wildman–Crippen MR) is 65.8 cm³/mol. The van der Waals surface area contributed by atoms with Crippen LogP contribution in [0.3, 0.4) is 0 Å². The van der Waals surface area contributed by atoms with Crippen LogP contribution in [-0.2, 0) is 23.9 Å². The van der Waals surface area contributed by atoms with Crippen molar-refractivity contribution in [3.63, 3.8) is 0 Å². The Hall–Kier alpha value is -1.65.